The highest BCUT2D eigenvalue weighted by atomic mass is 16.1. The van der Waals surface area contributed by atoms with Crippen LogP contribution in [0.25, 0.3) is 0 Å². The molecule has 0 aliphatic carbocycles. The SMILES string of the molecule is Cn1nc(NCCc2ccccc2)cc1C(N)=O. The van der Waals surface area contributed by atoms with E-state index in [-0.39, 0.29) is 0 Å². The Morgan fingerprint density at radius 2 is 2.11 bits per heavy atom. The van der Waals surface area contributed by atoms with Gasteiger partial charge in [0.05, 0.1) is 0 Å². The summed E-state index contributed by atoms with van der Waals surface area (Å²) in [5.74, 6) is 0.198. The van der Waals surface area contributed by atoms with Crippen molar-refractivity contribution in [1.29, 1.82) is 0 Å². The lowest BCUT2D eigenvalue weighted by Crippen LogP contribution is -2.15. The Balaban J connectivity index is 1.91. The Bertz CT molecular complexity index is 533. The maximum absolute atomic E-state index is 11.1. The monoisotopic (exact) mass is 244 g/mol. The molecule has 2 aromatic rings. The van der Waals surface area contributed by atoms with Crippen LogP contribution in [0.2, 0.25) is 0 Å². The van der Waals surface area contributed by atoms with E-state index >= 15 is 0 Å². The van der Waals surface area contributed by atoms with Gasteiger partial charge in [0.2, 0.25) is 0 Å². The van der Waals surface area contributed by atoms with Gasteiger partial charge in [-0.1, -0.05) is 30.3 Å². The van der Waals surface area contributed by atoms with Crippen LogP contribution in [0.15, 0.2) is 36.4 Å². The molecule has 0 aliphatic rings. The van der Waals surface area contributed by atoms with Crippen molar-refractivity contribution in [2.75, 3.05) is 11.9 Å². The van der Waals surface area contributed by atoms with Crippen molar-refractivity contribution in [3.63, 3.8) is 0 Å². The molecule has 0 aliphatic heterocycles. The fourth-order valence-electron chi connectivity index (χ4n) is 1.76. The van der Waals surface area contributed by atoms with Gasteiger partial charge in [-0.15, -0.1) is 0 Å². The van der Waals surface area contributed by atoms with Crippen LogP contribution in [0.4, 0.5) is 5.82 Å². The van der Waals surface area contributed by atoms with Gasteiger partial charge < -0.3 is 11.1 Å². The third-order valence-corrected chi connectivity index (χ3v) is 2.69. The van der Waals surface area contributed by atoms with Gasteiger partial charge in [0.1, 0.15) is 11.5 Å². The van der Waals surface area contributed by atoms with Crippen LogP contribution in [-0.2, 0) is 13.5 Å². The first-order valence-electron chi connectivity index (χ1n) is 5.78. The molecule has 3 N–H and O–H groups in total. The minimum Gasteiger partial charge on any atom is -0.368 e. The molecule has 5 nitrogen and oxygen atoms in total. The third kappa shape index (κ3) is 2.88. The number of aryl methyl sites for hydroxylation is 1. The number of nitrogens with zero attached hydrogens (tertiary/aromatic N) is 2. The average Bonchev–Trinajstić information content (AvgIpc) is 2.72. The summed E-state index contributed by atoms with van der Waals surface area (Å²) in [5, 5.41) is 7.34. The molecule has 18 heavy (non-hydrogen) atoms. The van der Waals surface area contributed by atoms with Crippen molar-refractivity contribution < 1.29 is 4.79 Å². The van der Waals surface area contributed by atoms with E-state index in [4.69, 9.17) is 5.73 Å². The second kappa shape index (κ2) is 5.35. The topological polar surface area (TPSA) is 72.9 Å². The molecule has 0 unspecified atom stereocenters. The number of nitrogens with one attached hydrogen (secondary N) is 1. The van der Waals surface area contributed by atoms with E-state index in [9.17, 15) is 4.79 Å². The average molecular weight is 244 g/mol. The largest absolute Gasteiger partial charge is 0.368 e. The van der Waals surface area contributed by atoms with Crippen molar-refractivity contribution in [2.24, 2.45) is 12.8 Å². The van der Waals surface area contributed by atoms with E-state index in [0.29, 0.717) is 11.5 Å². The van der Waals surface area contributed by atoms with Crippen LogP contribution < -0.4 is 11.1 Å². The van der Waals surface area contributed by atoms with Crippen LogP contribution in [0.3, 0.4) is 0 Å². The molecule has 1 heterocycles. The summed E-state index contributed by atoms with van der Waals surface area (Å²) in [6.45, 7) is 0.763. The van der Waals surface area contributed by atoms with Crippen molar-refractivity contribution in [3.05, 3.63) is 47.7 Å². The number of aromatic nitrogens is 2. The molecule has 5 heteroatoms. The smallest absolute Gasteiger partial charge is 0.267 e. The summed E-state index contributed by atoms with van der Waals surface area (Å²) in [5.41, 5.74) is 6.88. The summed E-state index contributed by atoms with van der Waals surface area (Å²) in [6, 6.07) is 11.8. The van der Waals surface area contributed by atoms with Gasteiger partial charge in [-0.05, 0) is 12.0 Å². The van der Waals surface area contributed by atoms with Crippen LogP contribution in [0.5, 0.6) is 0 Å². The van der Waals surface area contributed by atoms with Gasteiger partial charge in [-0.25, -0.2) is 0 Å². The first-order chi connectivity index (χ1) is 8.66. The molecular weight excluding hydrogens is 228 g/mol. The molecular formula is C13H16N4O. The Morgan fingerprint density at radius 1 is 1.39 bits per heavy atom. The van der Waals surface area contributed by atoms with Crippen molar-refractivity contribution in [3.8, 4) is 0 Å². The van der Waals surface area contributed by atoms with E-state index < -0.39 is 5.91 Å². The number of hydrogen-bond acceptors (Lipinski definition) is 3. The molecule has 0 saturated carbocycles. The summed E-state index contributed by atoms with van der Waals surface area (Å²) < 4.78 is 1.48. The van der Waals surface area contributed by atoms with Crippen LogP contribution in [0, 0.1) is 0 Å². The predicted molar refractivity (Wildman–Crippen MR) is 70.4 cm³/mol. The molecule has 0 radical (unpaired) electrons. The highest BCUT2D eigenvalue weighted by molar-refractivity contribution is 5.91. The molecule has 0 saturated heterocycles. The summed E-state index contributed by atoms with van der Waals surface area (Å²) in [7, 11) is 1.70. The van der Waals surface area contributed by atoms with E-state index in [1.807, 2.05) is 18.2 Å². The third-order valence-electron chi connectivity index (χ3n) is 2.69. The standard InChI is InChI=1S/C13H16N4O/c1-17-11(13(14)18)9-12(16-17)15-8-7-10-5-3-2-4-6-10/h2-6,9H,7-8H2,1H3,(H2,14,18)(H,15,16). The fraction of sp³-hybridized carbons (Fsp3) is 0.231. The second-order valence-electron chi connectivity index (χ2n) is 4.07. The number of anilines is 1. The molecule has 1 aromatic carbocycles. The lowest BCUT2D eigenvalue weighted by molar-refractivity contribution is 0.0991. The second-order valence-corrected chi connectivity index (χ2v) is 4.07. The lowest BCUT2D eigenvalue weighted by Gasteiger charge is -2.02. The summed E-state index contributed by atoms with van der Waals surface area (Å²) in [6.07, 6.45) is 0.906. The number of carbonyl (C=O) groups is 1. The first-order valence-corrected chi connectivity index (χ1v) is 5.78. The van der Waals surface area contributed by atoms with Gasteiger partial charge >= 0.3 is 0 Å². The van der Waals surface area contributed by atoms with Gasteiger partial charge in [-0.2, -0.15) is 5.10 Å². The van der Waals surface area contributed by atoms with Crippen LogP contribution in [0.1, 0.15) is 16.1 Å². The molecule has 94 valence electrons. The Hall–Kier alpha value is -2.30. The number of carbonyl (C=O) groups excluding carboxylic acids is 1. The van der Waals surface area contributed by atoms with Gasteiger partial charge in [0.25, 0.3) is 5.91 Å². The van der Waals surface area contributed by atoms with Crippen LogP contribution >= 0.6 is 0 Å². The molecule has 2 rings (SSSR count). The normalized spacial score (nSPS) is 10.3. The summed E-state index contributed by atoms with van der Waals surface area (Å²) >= 11 is 0. The Kier molecular flexibility index (Phi) is 3.62. The van der Waals surface area contributed by atoms with E-state index in [2.05, 4.69) is 22.5 Å². The number of hydrogen-bond donors (Lipinski definition) is 2. The molecule has 0 atom stereocenters. The Morgan fingerprint density at radius 3 is 2.72 bits per heavy atom. The highest BCUT2D eigenvalue weighted by Gasteiger charge is 2.08. The number of primary amides is 1. The maximum Gasteiger partial charge on any atom is 0.267 e. The molecule has 0 bridgehead atoms. The zero-order valence-electron chi connectivity index (χ0n) is 10.3. The van der Waals surface area contributed by atoms with E-state index in [1.165, 1.54) is 10.2 Å². The molecule has 0 spiro atoms. The highest BCUT2D eigenvalue weighted by Crippen LogP contribution is 2.08. The lowest BCUT2D eigenvalue weighted by atomic mass is 10.1. The number of benzene rings is 1. The number of amides is 1. The number of rotatable bonds is 5. The Labute approximate surface area is 106 Å². The minimum atomic E-state index is -0.471. The molecule has 1 amide bonds. The maximum atomic E-state index is 11.1. The first kappa shape index (κ1) is 12.2. The van der Waals surface area contributed by atoms with Crippen molar-refractivity contribution in [1.82, 2.24) is 9.78 Å². The van der Waals surface area contributed by atoms with Gasteiger partial charge in [0.15, 0.2) is 0 Å². The van der Waals surface area contributed by atoms with Crippen molar-refractivity contribution in [2.45, 2.75) is 6.42 Å². The quantitative estimate of drug-likeness (QED) is 0.829. The van der Waals surface area contributed by atoms with E-state index in [1.54, 1.807) is 13.1 Å². The predicted octanol–water partition coefficient (Wildman–Crippen LogP) is 1.17. The fourth-order valence-corrected chi connectivity index (χ4v) is 1.76. The van der Waals surface area contributed by atoms with Crippen molar-refractivity contribution >= 4 is 11.7 Å². The summed E-state index contributed by atoms with van der Waals surface area (Å²) in [4.78, 5) is 11.1. The minimum absolute atomic E-state index is 0.400. The zero-order chi connectivity index (χ0) is 13.0. The zero-order valence-corrected chi connectivity index (χ0v) is 10.3. The molecule has 0 fully saturated rings. The molecule has 1 aromatic heterocycles. The van der Waals surface area contributed by atoms with E-state index in [0.717, 1.165) is 13.0 Å². The van der Waals surface area contributed by atoms with Gasteiger partial charge in [0, 0.05) is 19.7 Å². The van der Waals surface area contributed by atoms with Crippen LogP contribution in [-0.4, -0.2) is 22.2 Å². The van der Waals surface area contributed by atoms with Gasteiger partial charge in [-0.3, -0.25) is 9.48 Å². The number of nitrogens with two attached hydrogens (primary N) is 1.